The summed E-state index contributed by atoms with van der Waals surface area (Å²) in [4.78, 5) is 25.9. The van der Waals surface area contributed by atoms with E-state index in [1.807, 2.05) is 0 Å². The predicted molar refractivity (Wildman–Crippen MR) is 70.9 cm³/mol. The summed E-state index contributed by atoms with van der Waals surface area (Å²) in [6.45, 7) is 2.89. The second-order valence-corrected chi connectivity index (χ2v) is 5.82. The Morgan fingerprint density at radius 2 is 1.89 bits per heavy atom. The van der Waals surface area contributed by atoms with E-state index in [-0.39, 0.29) is 17.7 Å². The number of hydrogen-bond acceptors (Lipinski definition) is 2. The maximum atomic E-state index is 12.4. The van der Waals surface area contributed by atoms with Gasteiger partial charge in [0, 0.05) is 18.9 Å². The van der Waals surface area contributed by atoms with E-state index in [1.54, 1.807) is 4.90 Å². The molecule has 0 aromatic carbocycles. The lowest BCUT2D eigenvalue weighted by Crippen LogP contribution is -2.41. The largest absolute Gasteiger partial charge is 0.282 e. The molecule has 0 N–H and O–H groups in total. The first-order valence-electron chi connectivity index (χ1n) is 7.56. The Morgan fingerprint density at radius 3 is 2.56 bits per heavy atom. The summed E-state index contributed by atoms with van der Waals surface area (Å²) in [7, 11) is 0. The first-order valence-corrected chi connectivity index (χ1v) is 7.56. The molecule has 1 aliphatic carbocycles. The van der Waals surface area contributed by atoms with Gasteiger partial charge in [-0.2, -0.15) is 0 Å². The third kappa shape index (κ3) is 3.12. The molecule has 0 spiro atoms. The van der Waals surface area contributed by atoms with Gasteiger partial charge in [0.2, 0.25) is 11.8 Å². The maximum Gasteiger partial charge on any atom is 0.232 e. The van der Waals surface area contributed by atoms with Crippen LogP contribution in [0.5, 0.6) is 0 Å². The molecule has 18 heavy (non-hydrogen) atoms. The predicted octanol–water partition coefficient (Wildman–Crippen LogP) is 3.13. The molecule has 0 aromatic rings. The Labute approximate surface area is 110 Å². The molecule has 0 atom stereocenters. The van der Waals surface area contributed by atoms with Crippen molar-refractivity contribution in [3.8, 4) is 0 Å². The molecular weight excluding hydrogens is 226 g/mol. The zero-order valence-corrected chi connectivity index (χ0v) is 11.5. The second kappa shape index (κ2) is 6.35. The van der Waals surface area contributed by atoms with Crippen LogP contribution in [0.25, 0.3) is 0 Å². The van der Waals surface area contributed by atoms with Crippen molar-refractivity contribution in [2.45, 2.75) is 64.7 Å². The number of likely N-dealkylation sites (tertiary alicyclic amines) is 1. The van der Waals surface area contributed by atoms with E-state index in [2.05, 4.69) is 6.92 Å². The van der Waals surface area contributed by atoms with Crippen molar-refractivity contribution in [2.75, 3.05) is 6.54 Å². The summed E-state index contributed by atoms with van der Waals surface area (Å²) in [5.41, 5.74) is 0. The number of amides is 2. The van der Waals surface area contributed by atoms with Crippen molar-refractivity contribution in [1.29, 1.82) is 0 Å². The van der Waals surface area contributed by atoms with Gasteiger partial charge in [0.25, 0.3) is 0 Å². The van der Waals surface area contributed by atoms with E-state index in [0.29, 0.717) is 13.0 Å². The summed E-state index contributed by atoms with van der Waals surface area (Å²) in [6.07, 6.45) is 9.11. The van der Waals surface area contributed by atoms with Crippen molar-refractivity contribution in [2.24, 2.45) is 11.8 Å². The van der Waals surface area contributed by atoms with Crippen molar-refractivity contribution in [1.82, 2.24) is 4.90 Å². The summed E-state index contributed by atoms with van der Waals surface area (Å²) >= 11 is 0. The van der Waals surface area contributed by atoms with Gasteiger partial charge < -0.3 is 0 Å². The van der Waals surface area contributed by atoms with Crippen LogP contribution in [-0.2, 0) is 9.59 Å². The zero-order valence-electron chi connectivity index (χ0n) is 11.5. The van der Waals surface area contributed by atoms with Crippen LogP contribution < -0.4 is 0 Å². The molecule has 0 radical (unpaired) electrons. The lowest BCUT2D eigenvalue weighted by molar-refractivity contribution is -0.148. The Morgan fingerprint density at radius 1 is 1.17 bits per heavy atom. The van der Waals surface area contributed by atoms with E-state index in [9.17, 15) is 9.59 Å². The minimum absolute atomic E-state index is 0.0649. The van der Waals surface area contributed by atoms with Crippen molar-refractivity contribution < 1.29 is 9.59 Å². The van der Waals surface area contributed by atoms with Gasteiger partial charge >= 0.3 is 0 Å². The highest BCUT2D eigenvalue weighted by atomic mass is 16.2. The van der Waals surface area contributed by atoms with Crippen LogP contribution in [0.4, 0.5) is 0 Å². The fourth-order valence-corrected chi connectivity index (χ4v) is 3.25. The van der Waals surface area contributed by atoms with E-state index < -0.39 is 0 Å². The molecule has 2 rings (SSSR count). The van der Waals surface area contributed by atoms with Gasteiger partial charge in [0.1, 0.15) is 0 Å². The van der Waals surface area contributed by atoms with E-state index in [4.69, 9.17) is 0 Å². The molecule has 2 amide bonds. The third-order valence-corrected chi connectivity index (χ3v) is 4.61. The molecule has 1 heterocycles. The molecule has 0 aromatic heterocycles. The van der Waals surface area contributed by atoms with Crippen molar-refractivity contribution in [3.05, 3.63) is 0 Å². The average Bonchev–Trinajstić information content (AvgIpc) is 2.63. The summed E-state index contributed by atoms with van der Waals surface area (Å²) in [5, 5.41) is 0. The fourth-order valence-electron chi connectivity index (χ4n) is 3.25. The lowest BCUT2D eigenvalue weighted by atomic mass is 9.80. The van der Waals surface area contributed by atoms with Crippen LogP contribution in [0, 0.1) is 11.8 Å². The van der Waals surface area contributed by atoms with Gasteiger partial charge in [0.15, 0.2) is 0 Å². The highest BCUT2D eigenvalue weighted by molar-refractivity contribution is 5.96. The standard InChI is InChI=1S/C15H25NO2/c1-2-12-7-9-13(10-8-12)15(18)16-11-5-3-4-6-14(16)17/h12-13H,2-11H2,1H3. The van der Waals surface area contributed by atoms with Gasteiger partial charge in [-0.25, -0.2) is 0 Å². The Kier molecular flexibility index (Phi) is 4.79. The van der Waals surface area contributed by atoms with E-state index >= 15 is 0 Å². The van der Waals surface area contributed by atoms with Crippen LogP contribution in [0.3, 0.4) is 0 Å². The van der Waals surface area contributed by atoms with Crippen LogP contribution in [0.2, 0.25) is 0 Å². The fraction of sp³-hybridized carbons (Fsp3) is 0.867. The first kappa shape index (κ1) is 13.6. The number of nitrogens with zero attached hydrogens (tertiary/aromatic N) is 1. The van der Waals surface area contributed by atoms with Crippen LogP contribution in [0.1, 0.15) is 64.7 Å². The van der Waals surface area contributed by atoms with Gasteiger partial charge in [-0.3, -0.25) is 14.5 Å². The van der Waals surface area contributed by atoms with Crippen LogP contribution in [0.15, 0.2) is 0 Å². The zero-order chi connectivity index (χ0) is 13.0. The van der Waals surface area contributed by atoms with Crippen molar-refractivity contribution >= 4 is 11.8 Å². The Bertz CT molecular complexity index is 306. The molecular formula is C15H25NO2. The second-order valence-electron chi connectivity index (χ2n) is 5.82. The maximum absolute atomic E-state index is 12.4. The van der Waals surface area contributed by atoms with E-state index in [0.717, 1.165) is 50.9 Å². The molecule has 2 aliphatic rings. The van der Waals surface area contributed by atoms with Gasteiger partial charge in [-0.1, -0.05) is 19.8 Å². The molecule has 1 aliphatic heterocycles. The minimum Gasteiger partial charge on any atom is -0.282 e. The Balaban J connectivity index is 1.92. The summed E-state index contributed by atoms with van der Waals surface area (Å²) in [5.74, 6) is 1.11. The number of carbonyl (C=O) groups is 2. The average molecular weight is 251 g/mol. The van der Waals surface area contributed by atoms with Gasteiger partial charge in [0.05, 0.1) is 0 Å². The molecule has 102 valence electrons. The number of rotatable bonds is 2. The quantitative estimate of drug-likeness (QED) is 0.707. The lowest BCUT2D eigenvalue weighted by Gasteiger charge is -2.30. The van der Waals surface area contributed by atoms with Crippen molar-refractivity contribution in [3.63, 3.8) is 0 Å². The van der Waals surface area contributed by atoms with Crippen LogP contribution in [-0.4, -0.2) is 23.3 Å². The van der Waals surface area contributed by atoms with Gasteiger partial charge in [-0.05, 0) is 44.4 Å². The summed E-state index contributed by atoms with van der Waals surface area (Å²) in [6, 6.07) is 0. The molecule has 0 unspecified atom stereocenters. The smallest absolute Gasteiger partial charge is 0.232 e. The molecule has 2 fully saturated rings. The summed E-state index contributed by atoms with van der Waals surface area (Å²) < 4.78 is 0. The topological polar surface area (TPSA) is 37.4 Å². The normalized spacial score (nSPS) is 30.1. The number of hydrogen-bond donors (Lipinski definition) is 0. The molecule has 1 saturated carbocycles. The molecule has 0 bridgehead atoms. The van der Waals surface area contributed by atoms with Gasteiger partial charge in [-0.15, -0.1) is 0 Å². The third-order valence-electron chi connectivity index (χ3n) is 4.61. The number of imide groups is 1. The highest BCUT2D eigenvalue weighted by Crippen LogP contribution is 2.32. The molecule has 3 heteroatoms. The number of carbonyl (C=O) groups excluding carboxylic acids is 2. The Hall–Kier alpha value is -0.860. The first-order chi connectivity index (χ1) is 8.72. The monoisotopic (exact) mass is 251 g/mol. The molecule has 3 nitrogen and oxygen atoms in total. The molecule has 1 saturated heterocycles. The van der Waals surface area contributed by atoms with E-state index in [1.165, 1.54) is 6.42 Å². The van der Waals surface area contributed by atoms with Crippen LogP contribution >= 0.6 is 0 Å². The SMILES string of the molecule is CCC1CCC(C(=O)N2CCCCCC2=O)CC1. The minimum atomic E-state index is 0.0649. The highest BCUT2D eigenvalue weighted by Gasteiger charge is 2.32.